The highest BCUT2D eigenvalue weighted by Gasteiger charge is 2.34. The summed E-state index contributed by atoms with van der Waals surface area (Å²) in [6.07, 6.45) is 9.57. The Balaban J connectivity index is 1.82. The van der Waals surface area contributed by atoms with E-state index in [4.69, 9.17) is 11.1 Å². The summed E-state index contributed by atoms with van der Waals surface area (Å²) in [6.45, 7) is 15.5. The van der Waals surface area contributed by atoms with E-state index in [9.17, 15) is 15.0 Å². The molecular formula is C29H45N5O3. The highest BCUT2D eigenvalue weighted by atomic mass is 16.3. The summed E-state index contributed by atoms with van der Waals surface area (Å²) in [5.41, 5.74) is 9.01. The van der Waals surface area contributed by atoms with E-state index >= 15 is 0 Å². The van der Waals surface area contributed by atoms with Crippen LogP contribution in [-0.2, 0) is 0 Å². The number of amides is 2. The van der Waals surface area contributed by atoms with Gasteiger partial charge in [-0.3, -0.25) is 10.3 Å². The van der Waals surface area contributed by atoms with Crippen LogP contribution in [0.1, 0.15) is 59.8 Å². The maximum atomic E-state index is 12.7. The van der Waals surface area contributed by atoms with E-state index in [1.165, 1.54) is 23.8 Å². The van der Waals surface area contributed by atoms with Crippen molar-refractivity contribution in [1.29, 1.82) is 5.41 Å². The van der Waals surface area contributed by atoms with E-state index in [-0.39, 0.29) is 41.5 Å². The molecule has 2 unspecified atom stereocenters. The lowest BCUT2D eigenvalue weighted by atomic mass is 9.82. The van der Waals surface area contributed by atoms with Crippen molar-refractivity contribution >= 4 is 11.9 Å². The summed E-state index contributed by atoms with van der Waals surface area (Å²) in [6, 6.07) is -1.24. The molecule has 0 saturated carbocycles. The third kappa shape index (κ3) is 6.86. The zero-order chi connectivity index (χ0) is 27.3. The molecule has 7 N–H and O–H groups in total. The Labute approximate surface area is 221 Å². The second-order valence-corrected chi connectivity index (χ2v) is 11.1. The minimum absolute atomic E-state index is 0.0888. The van der Waals surface area contributed by atoms with Crippen LogP contribution >= 0.6 is 0 Å². The first-order valence-electron chi connectivity index (χ1n) is 13.6. The number of aliphatic hydroxyl groups is 2. The highest BCUT2D eigenvalue weighted by Crippen LogP contribution is 2.35. The molecule has 0 aromatic carbocycles. The molecule has 8 nitrogen and oxygen atoms in total. The number of nitrogens with zero attached hydrogens (tertiary/aromatic N) is 1. The Hall–Kier alpha value is -3.00. The van der Waals surface area contributed by atoms with Crippen LogP contribution in [0.5, 0.6) is 0 Å². The zero-order valence-electron chi connectivity index (χ0n) is 22.8. The fraction of sp³-hybridized carbons (Fsp3) is 0.586. The van der Waals surface area contributed by atoms with Gasteiger partial charge >= 0.3 is 6.03 Å². The summed E-state index contributed by atoms with van der Waals surface area (Å²) in [5.74, 6) is 0.536. The fourth-order valence-corrected chi connectivity index (χ4v) is 5.36. The second kappa shape index (κ2) is 12.5. The Bertz CT molecular complexity index is 1010. The van der Waals surface area contributed by atoms with Crippen molar-refractivity contribution in [3.05, 3.63) is 58.7 Å². The molecule has 2 amide bonds. The standard InChI is InChI=1S/C29H45N5O3/c1-17(2)19(5)23-14-21(6-7-25(23)33-13-10-20-8-11-32-12-9-20)34(29(31)37)28(30)24-15-22(18(3)4)26(35)16-27(24)36/h7,14,16-18,20-22,30,32-33,35-36H,5-6,8-13,15H2,1-4H3,(H2,31,37). The molecule has 0 spiro atoms. The Morgan fingerprint density at radius 3 is 2.54 bits per heavy atom. The molecule has 1 saturated heterocycles. The van der Waals surface area contributed by atoms with Gasteiger partial charge in [-0.05, 0) is 74.1 Å². The van der Waals surface area contributed by atoms with Crippen molar-refractivity contribution in [2.45, 2.75) is 65.8 Å². The van der Waals surface area contributed by atoms with Gasteiger partial charge in [-0.2, -0.15) is 0 Å². The first-order valence-corrected chi connectivity index (χ1v) is 13.6. The normalized spacial score (nSPS) is 22.9. The number of carbonyl (C=O) groups is 1. The van der Waals surface area contributed by atoms with Gasteiger partial charge < -0.3 is 26.6 Å². The number of nitrogens with one attached hydrogen (secondary N) is 3. The Kier molecular flexibility index (Phi) is 9.65. The quantitative estimate of drug-likeness (QED) is 0.190. The lowest BCUT2D eigenvalue weighted by Gasteiger charge is -2.35. The molecule has 0 aromatic heterocycles. The molecule has 0 radical (unpaired) electrons. The molecule has 1 aliphatic heterocycles. The molecule has 1 fully saturated rings. The molecule has 0 aromatic rings. The van der Waals surface area contributed by atoms with Gasteiger partial charge in [-0.15, -0.1) is 0 Å². The van der Waals surface area contributed by atoms with Gasteiger partial charge in [0.1, 0.15) is 11.6 Å². The predicted octanol–water partition coefficient (Wildman–Crippen LogP) is 5.05. The first-order chi connectivity index (χ1) is 17.5. The molecule has 1 heterocycles. The highest BCUT2D eigenvalue weighted by molar-refractivity contribution is 6.06. The number of carbonyl (C=O) groups excluding carboxylic acids is 1. The molecule has 2 atom stereocenters. The van der Waals surface area contributed by atoms with Gasteiger partial charge in [0, 0.05) is 29.8 Å². The van der Waals surface area contributed by atoms with E-state index in [2.05, 4.69) is 37.1 Å². The SMILES string of the molecule is C=C(C1=CC(N(C(=N)C2=C(O)C=C(O)C(C(C)C)C2)C(N)=O)CC=C1NCCC1CCNCC1)C(C)C. The number of nitrogens with two attached hydrogens (primary N) is 1. The van der Waals surface area contributed by atoms with Crippen molar-refractivity contribution in [2.75, 3.05) is 19.6 Å². The molecule has 37 heavy (non-hydrogen) atoms. The van der Waals surface area contributed by atoms with Crippen LogP contribution in [0.25, 0.3) is 0 Å². The number of hydrogen-bond acceptors (Lipinski definition) is 6. The molecule has 8 heteroatoms. The van der Waals surface area contributed by atoms with Gasteiger partial charge in [0.25, 0.3) is 0 Å². The fourth-order valence-electron chi connectivity index (χ4n) is 5.36. The average molecular weight is 512 g/mol. The molecule has 0 bridgehead atoms. The van der Waals surface area contributed by atoms with Crippen molar-refractivity contribution in [1.82, 2.24) is 15.5 Å². The van der Waals surface area contributed by atoms with E-state index in [1.807, 2.05) is 19.9 Å². The van der Waals surface area contributed by atoms with Crippen LogP contribution < -0.4 is 16.4 Å². The number of amidine groups is 1. The lowest BCUT2D eigenvalue weighted by molar-refractivity contribution is 0.222. The number of urea groups is 1. The predicted molar refractivity (Wildman–Crippen MR) is 149 cm³/mol. The summed E-state index contributed by atoms with van der Waals surface area (Å²) >= 11 is 0. The summed E-state index contributed by atoms with van der Waals surface area (Å²) in [7, 11) is 0. The van der Waals surface area contributed by atoms with E-state index in [0.717, 1.165) is 48.8 Å². The number of hydrogen-bond donors (Lipinski definition) is 6. The van der Waals surface area contributed by atoms with Crippen LogP contribution in [0.15, 0.2) is 58.7 Å². The number of rotatable bonds is 9. The molecule has 3 rings (SSSR count). The number of allylic oxidation sites excluding steroid dienone is 3. The van der Waals surface area contributed by atoms with Crippen molar-refractivity contribution in [2.24, 2.45) is 29.4 Å². The monoisotopic (exact) mass is 511 g/mol. The third-order valence-corrected chi connectivity index (χ3v) is 7.88. The topological polar surface area (TPSA) is 135 Å². The van der Waals surface area contributed by atoms with Gasteiger partial charge in [-0.25, -0.2) is 4.79 Å². The van der Waals surface area contributed by atoms with Crippen LogP contribution in [0.4, 0.5) is 4.79 Å². The smallest absolute Gasteiger partial charge is 0.321 e. The molecule has 3 aliphatic rings. The third-order valence-electron chi connectivity index (χ3n) is 7.88. The number of primary amides is 1. The van der Waals surface area contributed by atoms with Gasteiger partial charge in [0.05, 0.1) is 11.8 Å². The molecule has 204 valence electrons. The zero-order valence-corrected chi connectivity index (χ0v) is 22.8. The first kappa shape index (κ1) is 28.6. The van der Waals surface area contributed by atoms with Crippen LogP contribution in [0.3, 0.4) is 0 Å². The lowest BCUT2D eigenvalue weighted by Crippen LogP contribution is -2.48. The van der Waals surface area contributed by atoms with Crippen molar-refractivity contribution in [3.8, 4) is 0 Å². The van der Waals surface area contributed by atoms with Crippen LogP contribution in [0, 0.1) is 29.1 Å². The Morgan fingerprint density at radius 2 is 1.95 bits per heavy atom. The molecule has 2 aliphatic carbocycles. The van der Waals surface area contributed by atoms with Gasteiger partial charge in [0.15, 0.2) is 0 Å². The number of piperidine rings is 1. The summed E-state index contributed by atoms with van der Waals surface area (Å²) in [4.78, 5) is 13.9. The van der Waals surface area contributed by atoms with Gasteiger partial charge in [-0.1, -0.05) is 46.4 Å². The largest absolute Gasteiger partial charge is 0.512 e. The van der Waals surface area contributed by atoms with Crippen molar-refractivity contribution in [3.63, 3.8) is 0 Å². The van der Waals surface area contributed by atoms with E-state index < -0.39 is 12.1 Å². The van der Waals surface area contributed by atoms with Gasteiger partial charge in [0.2, 0.25) is 0 Å². The molecular weight excluding hydrogens is 466 g/mol. The van der Waals surface area contributed by atoms with E-state index in [0.29, 0.717) is 12.0 Å². The Morgan fingerprint density at radius 1 is 1.27 bits per heavy atom. The summed E-state index contributed by atoms with van der Waals surface area (Å²) in [5, 5.41) is 36.7. The minimum atomic E-state index is -0.753. The van der Waals surface area contributed by atoms with E-state index in [1.54, 1.807) is 0 Å². The van der Waals surface area contributed by atoms with Crippen LogP contribution in [0.2, 0.25) is 0 Å². The summed E-state index contributed by atoms with van der Waals surface area (Å²) < 4.78 is 0. The minimum Gasteiger partial charge on any atom is -0.512 e. The maximum absolute atomic E-state index is 12.7. The maximum Gasteiger partial charge on any atom is 0.321 e. The second-order valence-electron chi connectivity index (χ2n) is 11.1. The average Bonchev–Trinajstić information content (AvgIpc) is 2.84. The number of aliphatic hydroxyl groups excluding tert-OH is 2. The van der Waals surface area contributed by atoms with Crippen LogP contribution in [-0.4, -0.2) is 52.7 Å². The van der Waals surface area contributed by atoms with Crippen molar-refractivity contribution < 1.29 is 15.0 Å².